The number of halogens is 2. The summed E-state index contributed by atoms with van der Waals surface area (Å²) in [6.07, 6.45) is 0.733. The molecule has 1 unspecified atom stereocenters. The molecule has 0 aliphatic carbocycles. The Bertz CT molecular complexity index is 693. The summed E-state index contributed by atoms with van der Waals surface area (Å²) in [6.45, 7) is 5.90. The summed E-state index contributed by atoms with van der Waals surface area (Å²) in [5.74, 6) is -0.532. The lowest BCUT2D eigenvalue weighted by Gasteiger charge is -2.40. The summed E-state index contributed by atoms with van der Waals surface area (Å²) in [4.78, 5) is 20.4. The SMILES string of the molecule is CCC(c1ccc(F)cc1F)N1CCN(C(=NC)NCC(=O)NCCOC)CC1. The van der Waals surface area contributed by atoms with E-state index < -0.39 is 11.6 Å². The number of rotatable bonds is 8. The Morgan fingerprint density at radius 2 is 1.97 bits per heavy atom. The molecule has 1 saturated heterocycles. The zero-order chi connectivity index (χ0) is 21.2. The van der Waals surface area contributed by atoms with Crippen LogP contribution in [0.5, 0.6) is 0 Å². The number of benzene rings is 1. The van der Waals surface area contributed by atoms with E-state index in [1.165, 1.54) is 12.1 Å². The number of nitrogens with one attached hydrogen (secondary N) is 2. The molecule has 0 aromatic heterocycles. The predicted octanol–water partition coefficient (Wildman–Crippen LogP) is 1.37. The van der Waals surface area contributed by atoms with Gasteiger partial charge in [0.15, 0.2) is 5.96 Å². The van der Waals surface area contributed by atoms with Crippen molar-refractivity contribution in [1.29, 1.82) is 0 Å². The second kappa shape index (κ2) is 11.7. The average Bonchev–Trinajstić information content (AvgIpc) is 2.71. The highest BCUT2D eigenvalue weighted by atomic mass is 19.1. The first kappa shape index (κ1) is 23.0. The Balaban J connectivity index is 1.88. The van der Waals surface area contributed by atoms with Crippen LogP contribution in [0.1, 0.15) is 24.9 Å². The summed E-state index contributed by atoms with van der Waals surface area (Å²) in [7, 11) is 3.26. The van der Waals surface area contributed by atoms with E-state index in [0.717, 1.165) is 25.6 Å². The van der Waals surface area contributed by atoms with Gasteiger partial charge >= 0.3 is 0 Å². The Morgan fingerprint density at radius 1 is 1.24 bits per heavy atom. The molecule has 2 rings (SSSR count). The van der Waals surface area contributed by atoms with Gasteiger partial charge in [-0.15, -0.1) is 0 Å². The normalized spacial score (nSPS) is 16.6. The third-order valence-corrected chi connectivity index (χ3v) is 5.01. The molecule has 1 aromatic rings. The number of carbonyl (C=O) groups excluding carboxylic acids is 1. The monoisotopic (exact) mass is 411 g/mol. The summed E-state index contributed by atoms with van der Waals surface area (Å²) < 4.78 is 32.4. The minimum Gasteiger partial charge on any atom is -0.383 e. The van der Waals surface area contributed by atoms with Crippen molar-refractivity contribution in [2.45, 2.75) is 19.4 Å². The van der Waals surface area contributed by atoms with Crippen LogP contribution in [0.25, 0.3) is 0 Å². The molecule has 1 amide bonds. The van der Waals surface area contributed by atoms with Gasteiger partial charge in [0.25, 0.3) is 0 Å². The molecule has 7 nitrogen and oxygen atoms in total. The van der Waals surface area contributed by atoms with Gasteiger partial charge < -0.3 is 20.3 Å². The van der Waals surface area contributed by atoms with Gasteiger partial charge in [-0.2, -0.15) is 0 Å². The van der Waals surface area contributed by atoms with Crippen LogP contribution in [0.2, 0.25) is 0 Å². The molecule has 9 heteroatoms. The first-order valence-corrected chi connectivity index (χ1v) is 9.90. The number of piperazine rings is 1. The molecular weight excluding hydrogens is 380 g/mol. The first-order chi connectivity index (χ1) is 14.0. The highest BCUT2D eigenvalue weighted by molar-refractivity contribution is 5.86. The Labute approximate surface area is 171 Å². The largest absolute Gasteiger partial charge is 0.383 e. The molecule has 1 aromatic carbocycles. The van der Waals surface area contributed by atoms with E-state index in [4.69, 9.17) is 4.74 Å². The van der Waals surface area contributed by atoms with Crippen LogP contribution < -0.4 is 10.6 Å². The lowest BCUT2D eigenvalue weighted by molar-refractivity contribution is -0.120. The van der Waals surface area contributed by atoms with Gasteiger partial charge in [0.1, 0.15) is 11.6 Å². The first-order valence-electron chi connectivity index (χ1n) is 9.90. The molecule has 1 aliphatic heterocycles. The maximum atomic E-state index is 14.2. The topological polar surface area (TPSA) is 69.2 Å². The summed E-state index contributed by atoms with van der Waals surface area (Å²) in [6, 6.07) is 3.69. The zero-order valence-corrected chi connectivity index (χ0v) is 17.4. The van der Waals surface area contributed by atoms with Crippen molar-refractivity contribution in [2.75, 3.05) is 60.0 Å². The average molecular weight is 411 g/mol. The van der Waals surface area contributed by atoms with Gasteiger partial charge in [-0.3, -0.25) is 14.7 Å². The van der Waals surface area contributed by atoms with E-state index in [2.05, 4.69) is 25.4 Å². The van der Waals surface area contributed by atoms with Crippen LogP contribution in [-0.2, 0) is 9.53 Å². The number of hydrogen-bond donors (Lipinski definition) is 2. The third-order valence-electron chi connectivity index (χ3n) is 5.01. The number of hydrogen-bond acceptors (Lipinski definition) is 4. The van der Waals surface area contributed by atoms with Crippen LogP contribution in [0.4, 0.5) is 8.78 Å². The van der Waals surface area contributed by atoms with Gasteiger partial charge in [0, 0.05) is 64.6 Å². The second-order valence-corrected chi connectivity index (χ2v) is 6.86. The predicted molar refractivity (Wildman–Crippen MR) is 109 cm³/mol. The van der Waals surface area contributed by atoms with E-state index in [-0.39, 0.29) is 18.5 Å². The van der Waals surface area contributed by atoms with Crippen molar-refractivity contribution in [3.63, 3.8) is 0 Å². The fraction of sp³-hybridized carbons (Fsp3) is 0.600. The second-order valence-electron chi connectivity index (χ2n) is 6.86. The quantitative estimate of drug-likeness (QED) is 0.384. The third kappa shape index (κ3) is 6.64. The smallest absolute Gasteiger partial charge is 0.239 e. The van der Waals surface area contributed by atoms with Gasteiger partial charge in [-0.05, 0) is 12.5 Å². The number of aliphatic imine (C=N–C) groups is 1. The zero-order valence-electron chi connectivity index (χ0n) is 17.4. The minimum absolute atomic E-state index is 0.0979. The van der Waals surface area contributed by atoms with Gasteiger partial charge in [0.2, 0.25) is 5.91 Å². The molecular formula is C20H31F2N5O2. The van der Waals surface area contributed by atoms with Crippen LogP contribution in [0.15, 0.2) is 23.2 Å². The molecule has 1 heterocycles. The molecule has 1 aliphatic rings. The minimum atomic E-state index is -0.563. The fourth-order valence-corrected chi connectivity index (χ4v) is 3.54. The highest BCUT2D eigenvalue weighted by Crippen LogP contribution is 2.28. The fourth-order valence-electron chi connectivity index (χ4n) is 3.54. The summed E-state index contributed by atoms with van der Waals surface area (Å²) >= 11 is 0. The number of guanidine groups is 1. The van der Waals surface area contributed by atoms with E-state index >= 15 is 0 Å². The maximum Gasteiger partial charge on any atom is 0.239 e. The van der Waals surface area contributed by atoms with E-state index in [0.29, 0.717) is 37.8 Å². The highest BCUT2D eigenvalue weighted by Gasteiger charge is 2.27. The standard InChI is InChI=1S/C20H31F2N5O2/c1-4-18(16-6-5-15(21)13-17(16)22)26-8-10-27(11-9-26)20(23-2)25-14-19(28)24-7-12-29-3/h5-6,13,18H,4,7-12,14H2,1-3H3,(H,23,25)(H,24,28). The molecule has 0 bridgehead atoms. The van der Waals surface area contributed by atoms with Gasteiger partial charge in [-0.25, -0.2) is 8.78 Å². The van der Waals surface area contributed by atoms with Crippen LogP contribution in [0.3, 0.4) is 0 Å². The van der Waals surface area contributed by atoms with Crippen LogP contribution in [-0.4, -0.2) is 81.7 Å². The van der Waals surface area contributed by atoms with Crippen molar-refractivity contribution < 1.29 is 18.3 Å². The molecule has 0 saturated carbocycles. The molecule has 2 N–H and O–H groups in total. The Morgan fingerprint density at radius 3 is 2.55 bits per heavy atom. The van der Waals surface area contributed by atoms with Crippen molar-refractivity contribution in [2.24, 2.45) is 4.99 Å². The Hall–Kier alpha value is -2.26. The lowest BCUT2D eigenvalue weighted by atomic mass is 10.0. The molecule has 0 radical (unpaired) electrons. The number of carbonyl (C=O) groups is 1. The lowest BCUT2D eigenvalue weighted by Crippen LogP contribution is -2.54. The molecule has 1 atom stereocenters. The van der Waals surface area contributed by atoms with Crippen molar-refractivity contribution in [3.05, 3.63) is 35.4 Å². The maximum absolute atomic E-state index is 14.2. The van der Waals surface area contributed by atoms with Crippen molar-refractivity contribution in [3.8, 4) is 0 Å². The van der Waals surface area contributed by atoms with Gasteiger partial charge in [0.05, 0.1) is 13.2 Å². The van der Waals surface area contributed by atoms with E-state index in [1.807, 2.05) is 6.92 Å². The van der Waals surface area contributed by atoms with Crippen LogP contribution >= 0.6 is 0 Å². The summed E-state index contributed by atoms with van der Waals surface area (Å²) in [5, 5.41) is 5.83. The molecule has 0 spiro atoms. The molecule has 29 heavy (non-hydrogen) atoms. The van der Waals surface area contributed by atoms with Gasteiger partial charge in [-0.1, -0.05) is 13.0 Å². The number of ether oxygens (including phenoxy) is 1. The summed E-state index contributed by atoms with van der Waals surface area (Å²) in [5.41, 5.74) is 0.526. The Kier molecular flexibility index (Phi) is 9.27. The number of nitrogens with zero attached hydrogens (tertiary/aromatic N) is 3. The van der Waals surface area contributed by atoms with E-state index in [9.17, 15) is 13.6 Å². The number of methoxy groups -OCH3 is 1. The van der Waals surface area contributed by atoms with Crippen molar-refractivity contribution >= 4 is 11.9 Å². The molecule has 1 fully saturated rings. The van der Waals surface area contributed by atoms with E-state index in [1.54, 1.807) is 14.2 Å². The molecule has 162 valence electrons. The number of amides is 1. The van der Waals surface area contributed by atoms with Crippen molar-refractivity contribution in [1.82, 2.24) is 20.4 Å². The van der Waals surface area contributed by atoms with Crippen LogP contribution in [0, 0.1) is 11.6 Å².